The van der Waals surface area contributed by atoms with Crippen LogP contribution in [-0.4, -0.2) is 16.5 Å². The number of anilines is 1. The van der Waals surface area contributed by atoms with E-state index in [-0.39, 0.29) is 0 Å². The third-order valence-electron chi connectivity index (χ3n) is 4.03. The minimum absolute atomic E-state index is 0.756. The molecule has 3 atom stereocenters. The molecule has 1 N–H and O–H groups in total. The second-order valence-electron chi connectivity index (χ2n) is 5.04. The van der Waals surface area contributed by atoms with Gasteiger partial charge >= 0.3 is 0 Å². The molecular formula is C12H16BrN3. The Balaban J connectivity index is 1.55. The Labute approximate surface area is 104 Å². The molecule has 2 fully saturated rings. The van der Waals surface area contributed by atoms with Gasteiger partial charge in [-0.2, -0.15) is 0 Å². The molecule has 1 aromatic heterocycles. The van der Waals surface area contributed by atoms with Crippen LogP contribution in [0.15, 0.2) is 16.9 Å². The lowest BCUT2D eigenvalue weighted by atomic mass is 9.89. The Kier molecular flexibility index (Phi) is 2.84. The van der Waals surface area contributed by atoms with Gasteiger partial charge in [-0.05, 0) is 52.9 Å². The van der Waals surface area contributed by atoms with E-state index >= 15 is 0 Å². The van der Waals surface area contributed by atoms with Crippen LogP contribution in [0.3, 0.4) is 0 Å². The molecule has 0 aliphatic heterocycles. The van der Waals surface area contributed by atoms with Crippen LogP contribution in [0.2, 0.25) is 0 Å². The van der Waals surface area contributed by atoms with Crippen molar-refractivity contribution >= 4 is 21.9 Å². The summed E-state index contributed by atoms with van der Waals surface area (Å²) in [6.45, 7) is 1.04. The first kappa shape index (κ1) is 10.5. The van der Waals surface area contributed by atoms with E-state index in [1.807, 2.05) is 0 Å². The molecule has 2 aliphatic rings. The molecule has 3 rings (SSSR count). The number of hydrogen-bond donors (Lipinski definition) is 1. The second kappa shape index (κ2) is 4.32. The van der Waals surface area contributed by atoms with E-state index in [2.05, 4.69) is 31.2 Å². The van der Waals surface area contributed by atoms with Gasteiger partial charge < -0.3 is 5.32 Å². The zero-order valence-corrected chi connectivity index (χ0v) is 10.8. The maximum absolute atomic E-state index is 4.23. The first-order valence-corrected chi connectivity index (χ1v) is 6.82. The Morgan fingerprint density at radius 1 is 1.25 bits per heavy atom. The van der Waals surface area contributed by atoms with E-state index < -0.39 is 0 Å². The number of hydrogen-bond acceptors (Lipinski definition) is 3. The van der Waals surface area contributed by atoms with E-state index in [0.29, 0.717) is 0 Å². The van der Waals surface area contributed by atoms with E-state index in [1.54, 1.807) is 12.4 Å². The number of halogens is 1. The zero-order valence-electron chi connectivity index (χ0n) is 9.19. The SMILES string of the molecule is Brc1cnc(NCC2CC3CCC2C3)nc1. The second-order valence-corrected chi connectivity index (χ2v) is 5.96. The van der Waals surface area contributed by atoms with Crippen molar-refractivity contribution in [2.24, 2.45) is 17.8 Å². The normalized spacial score (nSPS) is 31.9. The van der Waals surface area contributed by atoms with Crippen molar-refractivity contribution in [3.63, 3.8) is 0 Å². The first-order chi connectivity index (χ1) is 7.81. The molecule has 1 aromatic rings. The van der Waals surface area contributed by atoms with Crippen molar-refractivity contribution in [3.05, 3.63) is 16.9 Å². The molecule has 0 amide bonds. The molecular weight excluding hydrogens is 266 g/mol. The predicted octanol–water partition coefficient (Wildman–Crippen LogP) is 3.09. The van der Waals surface area contributed by atoms with Crippen LogP contribution in [0.1, 0.15) is 25.7 Å². The van der Waals surface area contributed by atoms with Crippen LogP contribution >= 0.6 is 15.9 Å². The molecule has 0 spiro atoms. The largest absolute Gasteiger partial charge is 0.354 e. The number of fused-ring (bicyclic) bond motifs is 2. The van der Waals surface area contributed by atoms with Crippen LogP contribution in [0, 0.1) is 17.8 Å². The van der Waals surface area contributed by atoms with Crippen molar-refractivity contribution in [1.29, 1.82) is 0 Å². The van der Waals surface area contributed by atoms with Crippen molar-refractivity contribution in [2.75, 3.05) is 11.9 Å². The topological polar surface area (TPSA) is 37.8 Å². The molecule has 2 saturated carbocycles. The van der Waals surface area contributed by atoms with Gasteiger partial charge in [0.1, 0.15) is 0 Å². The summed E-state index contributed by atoms with van der Waals surface area (Å²) in [5.41, 5.74) is 0. The summed E-state index contributed by atoms with van der Waals surface area (Å²) in [7, 11) is 0. The summed E-state index contributed by atoms with van der Waals surface area (Å²) in [5, 5.41) is 3.36. The quantitative estimate of drug-likeness (QED) is 0.925. The average Bonchev–Trinajstić information content (AvgIpc) is 2.90. The third-order valence-corrected chi connectivity index (χ3v) is 4.44. The number of nitrogens with one attached hydrogen (secondary N) is 1. The Morgan fingerprint density at radius 2 is 2.06 bits per heavy atom. The summed E-state index contributed by atoms with van der Waals surface area (Å²) in [4.78, 5) is 8.46. The Hall–Kier alpha value is -0.640. The van der Waals surface area contributed by atoms with Gasteiger partial charge in [0.25, 0.3) is 0 Å². The zero-order chi connectivity index (χ0) is 11.0. The number of nitrogens with zero attached hydrogens (tertiary/aromatic N) is 2. The standard InChI is InChI=1S/C12H16BrN3/c13-11-6-15-12(16-7-11)14-5-10-4-8-1-2-9(10)3-8/h6-10H,1-5H2,(H,14,15,16). The highest BCUT2D eigenvalue weighted by Crippen LogP contribution is 2.48. The van der Waals surface area contributed by atoms with Gasteiger partial charge in [0.2, 0.25) is 5.95 Å². The molecule has 0 aromatic carbocycles. The fourth-order valence-electron chi connectivity index (χ4n) is 3.25. The molecule has 3 unspecified atom stereocenters. The van der Waals surface area contributed by atoms with E-state index in [4.69, 9.17) is 0 Å². The maximum Gasteiger partial charge on any atom is 0.222 e. The Bertz CT molecular complexity index is 365. The van der Waals surface area contributed by atoms with Crippen LogP contribution in [0.5, 0.6) is 0 Å². The van der Waals surface area contributed by atoms with E-state index in [0.717, 1.165) is 34.7 Å². The highest BCUT2D eigenvalue weighted by molar-refractivity contribution is 9.10. The van der Waals surface area contributed by atoms with E-state index in [9.17, 15) is 0 Å². The van der Waals surface area contributed by atoms with Crippen molar-refractivity contribution in [3.8, 4) is 0 Å². The summed E-state index contributed by atoms with van der Waals surface area (Å²) in [5.74, 6) is 3.59. The highest BCUT2D eigenvalue weighted by Gasteiger charge is 2.39. The van der Waals surface area contributed by atoms with Crippen molar-refractivity contribution < 1.29 is 0 Å². The fraction of sp³-hybridized carbons (Fsp3) is 0.667. The minimum Gasteiger partial charge on any atom is -0.354 e. The predicted molar refractivity (Wildman–Crippen MR) is 67.2 cm³/mol. The summed E-state index contributed by atoms with van der Waals surface area (Å²) < 4.78 is 0.929. The third kappa shape index (κ3) is 2.08. The van der Waals surface area contributed by atoms with E-state index in [1.165, 1.54) is 25.7 Å². The van der Waals surface area contributed by atoms with Crippen LogP contribution in [0.4, 0.5) is 5.95 Å². The van der Waals surface area contributed by atoms with Gasteiger partial charge in [0.05, 0.1) is 4.47 Å². The van der Waals surface area contributed by atoms with Crippen molar-refractivity contribution in [2.45, 2.75) is 25.7 Å². The molecule has 2 bridgehead atoms. The Morgan fingerprint density at radius 3 is 2.69 bits per heavy atom. The van der Waals surface area contributed by atoms with Gasteiger partial charge in [-0.25, -0.2) is 9.97 Å². The van der Waals surface area contributed by atoms with Gasteiger partial charge in [-0.3, -0.25) is 0 Å². The minimum atomic E-state index is 0.756. The molecule has 2 aliphatic carbocycles. The highest BCUT2D eigenvalue weighted by atomic mass is 79.9. The molecule has 16 heavy (non-hydrogen) atoms. The van der Waals surface area contributed by atoms with Crippen LogP contribution < -0.4 is 5.32 Å². The molecule has 1 heterocycles. The van der Waals surface area contributed by atoms with Gasteiger partial charge in [-0.1, -0.05) is 6.42 Å². The fourth-order valence-corrected chi connectivity index (χ4v) is 3.46. The molecule has 3 nitrogen and oxygen atoms in total. The average molecular weight is 282 g/mol. The van der Waals surface area contributed by atoms with Crippen LogP contribution in [-0.2, 0) is 0 Å². The monoisotopic (exact) mass is 281 g/mol. The number of aromatic nitrogens is 2. The number of rotatable bonds is 3. The first-order valence-electron chi connectivity index (χ1n) is 6.02. The summed E-state index contributed by atoms with van der Waals surface area (Å²) in [6, 6.07) is 0. The van der Waals surface area contributed by atoms with Gasteiger partial charge in [0.15, 0.2) is 0 Å². The maximum atomic E-state index is 4.23. The van der Waals surface area contributed by atoms with Gasteiger partial charge in [0, 0.05) is 18.9 Å². The molecule has 0 saturated heterocycles. The molecule has 4 heteroatoms. The van der Waals surface area contributed by atoms with Crippen LogP contribution in [0.25, 0.3) is 0 Å². The lowest BCUT2D eigenvalue weighted by Crippen LogP contribution is -2.20. The lowest BCUT2D eigenvalue weighted by Gasteiger charge is -2.21. The lowest BCUT2D eigenvalue weighted by molar-refractivity contribution is 0.348. The summed E-state index contributed by atoms with van der Waals surface area (Å²) in [6.07, 6.45) is 9.36. The molecule has 0 radical (unpaired) electrons. The smallest absolute Gasteiger partial charge is 0.222 e. The summed E-state index contributed by atoms with van der Waals surface area (Å²) >= 11 is 3.34. The van der Waals surface area contributed by atoms with Gasteiger partial charge in [-0.15, -0.1) is 0 Å². The molecule has 86 valence electrons. The van der Waals surface area contributed by atoms with Crippen molar-refractivity contribution in [1.82, 2.24) is 9.97 Å².